The molecule has 2 aromatic carbocycles. The molecule has 7 nitrogen and oxygen atoms in total. The molecule has 3 rings (SSSR count). The Balaban J connectivity index is 1.72. The summed E-state index contributed by atoms with van der Waals surface area (Å²) in [4.78, 5) is 4.20. The molecule has 0 spiro atoms. The van der Waals surface area contributed by atoms with Crippen molar-refractivity contribution in [2.24, 2.45) is 16.6 Å². The molecule has 9 heteroatoms. The average Bonchev–Trinajstić information content (AvgIpc) is 3.13. The van der Waals surface area contributed by atoms with Crippen molar-refractivity contribution in [3.05, 3.63) is 70.1 Å². The summed E-state index contributed by atoms with van der Waals surface area (Å²) in [6, 6.07) is 14.1. The molecule has 0 fully saturated rings. The van der Waals surface area contributed by atoms with Gasteiger partial charge in [-0.1, -0.05) is 37.3 Å². The second-order valence-electron chi connectivity index (χ2n) is 6.31. The van der Waals surface area contributed by atoms with Gasteiger partial charge in [-0.2, -0.15) is 0 Å². The molecule has 0 aliphatic heterocycles. The van der Waals surface area contributed by atoms with Crippen LogP contribution in [0.1, 0.15) is 18.2 Å². The Morgan fingerprint density at radius 3 is 2.75 bits per heavy atom. The molecule has 0 aliphatic rings. The minimum atomic E-state index is -0.904. The van der Waals surface area contributed by atoms with Crippen molar-refractivity contribution in [2.45, 2.75) is 19.6 Å². The molecule has 0 saturated heterocycles. The monoisotopic (exact) mass is 447 g/mol. The number of anilines is 1. The Hall–Kier alpha value is -2.78. The number of aliphatic imine (C=N–C) groups is 1. The van der Waals surface area contributed by atoms with Crippen LogP contribution in [0.25, 0.3) is 0 Å². The molecule has 2 atom stereocenters. The van der Waals surface area contributed by atoms with Crippen molar-refractivity contribution >= 4 is 33.3 Å². The molecule has 4 N–H and O–H groups in total. The van der Waals surface area contributed by atoms with Crippen molar-refractivity contribution in [3.8, 4) is 0 Å². The second kappa shape index (κ2) is 8.94. The summed E-state index contributed by atoms with van der Waals surface area (Å²) in [6.45, 7) is 1.91. The zero-order chi connectivity index (χ0) is 20.1. The molecule has 1 aromatic heterocycles. The van der Waals surface area contributed by atoms with Crippen molar-refractivity contribution in [1.82, 2.24) is 10.3 Å². The molecular formula is C19H19BrFN5O2. The number of halogens is 2. The predicted molar refractivity (Wildman–Crippen MR) is 108 cm³/mol. The Kier molecular flexibility index (Phi) is 6.37. The number of nitrogens with zero attached hydrogens (tertiary/aromatic N) is 3. The second-order valence-corrected chi connectivity index (χ2v) is 7.17. The van der Waals surface area contributed by atoms with E-state index in [-0.39, 0.29) is 27.7 Å². The number of nitrogens with one attached hydrogen (secondary N) is 1. The maximum atomic E-state index is 13.3. The topological polar surface area (TPSA) is 110 Å². The highest BCUT2D eigenvalue weighted by atomic mass is 79.9. The smallest absolute Gasteiger partial charge is 0.204 e. The number of hydrogen-bond donors (Lipinski definition) is 3. The maximum absolute atomic E-state index is 13.3. The van der Waals surface area contributed by atoms with Crippen LogP contribution in [-0.4, -0.2) is 27.5 Å². The number of aliphatic hydroxyl groups is 1. The van der Waals surface area contributed by atoms with E-state index in [1.54, 1.807) is 0 Å². The highest BCUT2D eigenvalue weighted by Crippen LogP contribution is 2.23. The van der Waals surface area contributed by atoms with Crippen LogP contribution in [0.15, 0.2) is 62.6 Å². The molecule has 28 heavy (non-hydrogen) atoms. The molecule has 0 amide bonds. The van der Waals surface area contributed by atoms with Crippen LogP contribution in [-0.2, 0) is 6.42 Å². The van der Waals surface area contributed by atoms with Crippen LogP contribution in [0, 0.1) is 11.7 Å². The van der Waals surface area contributed by atoms with Gasteiger partial charge in [-0.15, -0.1) is 0 Å². The largest absolute Gasteiger partial charge is 0.382 e. The SMILES string of the molecule is CC(Cc1ccccc1)C(O)Nc1nonc1C(N)=Nc1ccc(F)c(Br)c1. The molecular weight excluding hydrogens is 429 g/mol. The number of nitrogens with two attached hydrogens (primary N) is 1. The van der Waals surface area contributed by atoms with E-state index in [0.717, 1.165) is 5.56 Å². The van der Waals surface area contributed by atoms with Gasteiger partial charge in [0.25, 0.3) is 0 Å². The maximum Gasteiger partial charge on any atom is 0.204 e. The summed E-state index contributed by atoms with van der Waals surface area (Å²) in [5, 5.41) is 20.8. The average molecular weight is 448 g/mol. The first-order valence-corrected chi connectivity index (χ1v) is 9.34. The summed E-state index contributed by atoms with van der Waals surface area (Å²) in [6.07, 6.45) is -0.235. The third-order valence-electron chi connectivity index (χ3n) is 4.11. The number of aliphatic hydroxyl groups excluding tert-OH is 1. The third kappa shape index (κ3) is 4.93. The van der Waals surface area contributed by atoms with E-state index >= 15 is 0 Å². The van der Waals surface area contributed by atoms with Gasteiger partial charge in [0.2, 0.25) is 5.82 Å². The Morgan fingerprint density at radius 1 is 1.29 bits per heavy atom. The fourth-order valence-electron chi connectivity index (χ4n) is 2.58. The summed E-state index contributed by atoms with van der Waals surface area (Å²) < 4.78 is 18.4. The predicted octanol–water partition coefficient (Wildman–Crippen LogP) is 3.62. The standard InChI is InChI=1S/C19H19BrFN5O2/c1-11(9-12-5-3-2-4-6-12)19(27)24-18-16(25-28-26-18)17(22)23-13-7-8-15(21)14(20)10-13/h2-8,10-11,19,27H,9H2,1H3,(H2,22,23)(H,24,26). The van der Waals surface area contributed by atoms with E-state index in [4.69, 9.17) is 10.4 Å². The van der Waals surface area contributed by atoms with Crippen LogP contribution in [0.5, 0.6) is 0 Å². The molecule has 0 bridgehead atoms. The number of aromatic nitrogens is 2. The third-order valence-corrected chi connectivity index (χ3v) is 4.72. The number of hydrogen-bond acceptors (Lipinski definition) is 6. The lowest BCUT2D eigenvalue weighted by atomic mass is 9.99. The van der Waals surface area contributed by atoms with Crippen molar-refractivity contribution in [2.75, 3.05) is 5.32 Å². The van der Waals surface area contributed by atoms with Crippen LogP contribution < -0.4 is 11.1 Å². The van der Waals surface area contributed by atoms with E-state index in [1.165, 1.54) is 18.2 Å². The van der Waals surface area contributed by atoms with Gasteiger partial charge < -0.3 is 16.2 Å². The van der Waals surface area contributed by atoms with E-state index < -0.39 is 12.0 Å². The fraction of sp³-hybridized carbons (Fsp3) is 0.211. The van der Waals surface area contributed by atoms with Crippen molar-refractivity contribution in [1.29, 1.82) is 0 Å². The number of rotatable bonds is 7. The van der Waals surface area contributed by atoms with Crippen LogP contribution in [0.3, 0.4) is 0 Å². The zero-order valence-corrected chi connectivity index (χ0v) is 16.6. The summed E-state index contributed by atoms with van der Waals surface area (Å²) >= 11 is 3.10. The highest BCUT2D eigenvalue weighted by molar-refractivity contribution is 9.10. The Bertz CT molecular complexity index is 964. The minimum absolute atomic E-state index is 0.0187. The first kappa shape index (κ1) is 20.0. The van der Waals surface area contributed by atoms with Crippen LogP contribution >= 0.6 is 15.9 Å². The van der Waals surface area contributed by atoms with Crippen LogP contribution in [0.2, 0.25) is 0 Å². The summed E-state index contributed by atoms with van der Waals surface area (Å²) in [5.41, 5.74) is 7.69. The van der Waals surface area contributed by atoms with Gasteiger partial charge in [0.1, 0.15) is 12.0 Å². The van der Waals surface area contributed by atoms with Crippen LogP contribution in [0.4, 0.5) is 15.9 Å². The highest BCUT2D eigenvalue weighted by Gasteiger charge is 2.21. The molecule has 0 saturated carbocycles. The van der Waals surface area contributed by atoms with Gasteiger partial charge in [-0.05, 0) is 56.4 Å². The van der Waals surface area contributed by atoms with Gasteiger partial charge in [-0.3, -0.25) is 0 Å². The molecule has 1 heterocycles. The van der Waals surface area contributed by atoms with Gasteiger partial charge in [-0.25, -0.2) is 14.0 Å². The van der Waals surface area contributed by atoms with Gasteiger partial charge in [0, 0.05) is 5.92 Å². The van der Waals surface area contributed by atoms with E-state index in [1.807, 2.05) is 37.3 Å². The minimum Gasteiger partial charge on any atom is -0.382 e. The Morgan fingerprint density at radius 2 is 2.04 bits per heavy atom. The summed E-state index contributed by atoms with van der Waals surface area (Å²) in [5.74, 6) is -0.323. The molecule has 3 aromatic rings. The van der Waals surface area contributed by atoms with Gasteiger partial charge in [0.15, 0.2) is 11.5 Å². The van der Waals surface area contributed by atoms with Gasteiger partial charge in [0.05, 0.1) is 10.2 Å². The number of benzene rings is 2. The molecule has 0 aliphatic carbocycles. The number of amidine groups is 1. The molecule has 146 valence electrons. The van der Waals surface area contributed by atoms with Gasteiger partial charge >= 0.3 is 0 Å². The Labute approximate surface area is 169 Å². The lowest BCUT2D eigenvalue weighted by Crippen LogP contribution is -2.29. The molecule has 0 radical (unpaired) electrons. The lowest BCUT2D eigenvalue weighted by molar-refractivity contribution is 0.142. The lowest BCUT2D eigenvalue weighted by Gasteiger charge is -2.20. The quantitative estimate of drug-likeness (QED) is 0.290. The van der Waals surface area contributed by atoms with Crippen molar-refractivity contribution < 1.29 is 14.1 Å². The van der Waals surface area contributed by atoms with E-state index in [0.29, 0.717) is 12.1 Å². The van der Waals surface area contributed by atoms with E-state index in [2.05, 4.69) is 36.6 Å². The zero-order valence-electron chi connectivity index (χ0n) is 15.0. The fourth-order valence-corrected chi connectivity index (χ4v) is 2.94. The normalized spacial score (nSPS) is 13.9. The first-order valence-electron chi connectivity index (χ1n) is 8.54. The summed E-state index contributed by atoms with van der Waals surface area (Å²) in [7, 11) is 0. The first-order chi connectivity index (χ1) is 13.4. The van der Waals surface area contributed by atoms with E-state index in [9.17, 15) is 9.50 Å². The molecule has 2 unspecified atom stereocenters. The van der Waals surface area contributed by atoms with Crippen molar-refractivity contribution in [3.63, 3.8) is 0 Å².